The van der Waals surface area contributed by atoms with Crippen molar-refractivity contribution in [2.75, 3.05) is 25.1 Å². The predicted molar refractivity (Wildman–Crippen MR) is 99.2 cm³/mol. The fourth-order valence-electron chi connectivity index (χ4n) is 2.60. The molecule has 6 nitrogen and oxygen atoms in total. The number of amides is 1. The van der Waals surface area contributed by atoms with Gasteiger partial charge >= 0.3 is 6.09 Å². The molecule has 0 aromatic heterocycles. The average Bonchev–Trinajstić information content (AvgIpc) is 2.65. The number of para-hydroxylation sites is 1. The SMILES string of the molecule is C[C@@H](CCO)[C@H](OC(=O)Nc1ccccc1)c1cccc(OCCO)c1. The molecule has 2 atom stereocenters. The molecule has 0 heterocycles. The minimum absolute atomic E-state index is 0.00202. The van der Waals surface area contributed by atoms with E-state index in [0.29, 0.717) is 17.9 Å². The Morgan fingerprint density at radius 2 is 1.85 bits per heavy atom. The Bertz CT molecular complexity index is 677. The van der Waals surface area contributed by atoms with Gasteiger partial charge in [0, 0.05) is 12.3 Å². The van der Waals surface area contributed by atoms with E-state index >= 15 is 0 Å². The van der Waals surface area contributed by atoms with E-state index in [1.54, 1.807) is 30.3 Å². The molecule has 0 saturated carbocycles. The molecular weight excluding hydrogens is 334 g/mol. The van der Waals surface area contributed by atoms with Crippen molar-refractivity contribution in [1.82, 2.24) is 0 Å². The molecule has 2 aromatic rings. The highest BCUT2D eigenvalue weighted by atomic mass is 16.6. The van der Waals surface area contributed by atoms with Crippen LogP contribution in [0.4, 0.5) is 10.5 Å². The normalized spacial score (nSPS) is 12.9. The molecule has 0 spiro atoms. The minimum atomic E-state index is -0.562. The highest BCUT2D eigenvalue weighted by Gasteiger charge is 2.24. The lowest BCUT2D eigenvalue weighted by Crippen LogP contribution is -2.22. The monoisotopic (exact) mass is 359 g/mol. The fraction of sp³-hybridized carbons (Fsp3) is 0.350. The van der Waals surface area contributed by atoms with Crippen molar-refractivity contribution in [2.24, 2.45) is 5.92 Å². The van der Waals surface area contributed by atoms with Gasteiger partial charge in [-0.1, -0.05) is 37.3 Å². The first kappa shape index (κ1) is 19.8. The summed E-state index contributed by atoms with van der Waals surface area (Å²) in [6, 6.07) is 16.3. The van der Waals surface area contributed by atoms with Crippen LogP contribution in [-0.2, 0) is 4.74 Å². The molecule has 26 heavy (non-hydrogen) atoms. The standard InChI is InChI=1S/C20H25NO5/c1-15(10-11-22)19(16-6-5-9-18(14-16)25-13-12-23)26-20(24)21-17-7-3-2-4-8-17/h2-9,14-15,19,22-23H,10-13H2,1H3,(H,21,24)/t15-,19-/m0/s1. The van der Waals surface area contributed by atoms with E-state index in [9.17, 15) is 9.90 Å². The van der Waals surface area contributed by atoms with Crippen LogP contribution in [0.3, 0.4) is 0 Å². The first-order valence-electron chi connectivity index (χ1n) is 8.61. The molecule has 0 aliphatic rings. The summed E-state index contributed by atoms with van der Waals surface area (Å²) < 4.78 is 11.1. The van der Waals surface area contributed by atoms with E-state index in [2.05, 4.69) is 5.32 Å². The van der Waals surface area contributed by atoms with Crippen LogP contribution in [0.25, 0.3) is 0 Å². The second kappa shape index (κ2) is 10.4. The summed E-state index contributed by atoms with van der Waals surface area (Å²) in [6.07, 6.45) is -0.610. The number of hydrogen-bond donors (Lipinski definition) is 3. The van der Waals surface area contributed by atoms with Gasteiger partial charge in [-0.2, -0.15) is 0 Å². The third-order valence-corrected chi connectivity index (χ3v) is 3.90. The van der Waals surface area contributed by atoms with E-state index in [1.807, 2.05) is 31.2 Å². The number of rotatable bonds is 9. The molecule has 6 heteroatoms. The second-order valence-corrected chi connectivity index (χ2v) is 5.95. The molecule has 0 bridgehead atoms. The quantitative estimate of drug-likeness (QED) is 0.639. The van der Waals surface area contributed by atoms with Crippen LogP contribution in [-0.4, -0.2) is 36.1 Å². The van der Waals surface area contributed by atoms with Crippen LogP contribution in [0.5, 0.6) is 5.75 Å². The van der Waals surface area contributed by atoms with Crippen molar-refractivity contribution < 1.29 is 24.5 Å². The molecular formula is C20H25NO5. The molecule has 2 rings (SSSR count). The van der Waals surface area contributed by atoms with E-state index in [4.69, 9.17) is 14.6 Å². The number of anilines is 1. The van der Waals surface area contributed by atoms with Crippen LogP contribution >= 0.6 is 0 Å². The summed E-state index contributed by atoms with van der Waals surface area (Å²) in [7, 11) is 0. The number of ether oxygens (including phenoxy) is 2. The molecule has 0 fully saturated rings. The van der Waals surface area contributed by atoms with Gasteiger partial charge in [-0.25, -0.2) is 4.79 Å². The smallest absolute Gasteiger partial charge is 0.412 e. The number of aliphatic hydroxyl groups is 2. The van der Waals surface area contributed by atoms with Crippen molar-refractivity contribution >= 4 is 11.8 Å². The molecule has 0 aliphatic heterocycles. The van der Waals surface area contributed by atoms with Gasteiger partial charge in [-0.05, 0) is 42.2 Å². The lowest BCUT2D eigenvalue weighted by molar-refractivity contribution is 0.0665. The lowest BCUT2D eigenvalue weighted by Gasteiger charge is -2.24. The number of carbonyl (C=O) groups is 1. The molecule has 0 unspecified atom stereocenters. The summed E-state index contributed by atoms with van der Waals surface area (Å²) in [5, 5.41) is 20.9. The summed E-state index contributed by atoms with van der Waals surface area (Å²) in [6.45, 7) is 2.03. The molecule has 0 radical (unpaired) electrons. The Balaban J connectivity index is 2.14. The van der Waals surface area contributed by atoms with Crippen LogP contribution in [0.2, 0.25) is 0 Å². The van der Waals surface area contributed by atoms with E-state index in [1.165, 1.54) is 0 Å². The summed E-state index contributed by atoms with van der Waals surface area (Å²) in [5.41, 5.74) is 1.41. The number of carbonyl (C=O) groups excluding carboxylic acids is 1. The van der Waals surface area contributed by atoms with Crippen LogP contribution in [0, 0.1) is 5.92 Å². The van der Waals surface area contributed by atoms with Crippen LogP contribution in [0.15, 0.2) is 54.6 Å². The average molecular weight is 359 g/mol. The van der Waals surface area contributed by atoms with Gasteiger partial charge in [-0.15, -0.1) is 0 Å². The molecule has 1 amide bonds. The zero-order valence-corrected chi connectivity index (χ0v) is 14.8. The zero-order chi connectivity index (χ0) is 18.8. The molecule has 0 saturated heterocycles. The van der Waals surface area contributed by atoms with Gasteiger partial charge in [0.05, 0.1) is 6.61 Å². The maximum atomic E-state index is 12.3. The van der Waals surface area contributed by atoms with Gasteiger partial charge in [0.2, 0.25) is 0 Å². The second-order valence-electron chi connectivity index (χ2n) is 5.95. The molecule has 0 aliphatic carbocycles. The summed E-state index contributed by atoms with van der Waals surface area (Å²) >= 11 is 0. The third-order valence-electron chi connectivity index (χ3n) is 3.90. The van der Waals surface area contributed by atoms with E-state index in [0.717, 1.165) is 5.56 Å². The Morgan fingerprint density at radius 3 is 2.54 bits per heavy atom. The topological polar surface area (TPSA) is 88.0 Å². The number of hydrogen-bond acceptors (Lipinski definition) is 5. The Labute approximate surface area is 153 Å². The Kier molecular flexibility index (Phi) is 7.92. The maximum Gasteiger partial charge on any atom is 0.412 e. The van der Waals surface area contributed by atoms with Gasteiger partial charge in [0.15, 0.2) is 0 Å². The van der Waals surface area contributed by atoms with Crippen molar-refractivity contribution in [1.29, 1.82) is 0 Å². The first-order chi connectivity index (χ1) is 12.6. The number of aliphatic hydroxyl groups excluding tert-OH is 2. The molecule has 3 N–H and O–H groups in total. The third kappa shape index (κ3) is 6.06. The summed E-state index contributed by atoms with van der Waals surface area (Å²) in [4.78, 5) is 12.3. The molecule has 140 valence electrons. The Hall–Kier alpha value is -2.57. The van der Waals surface area contributed by atoms with Crippen LogP contribution in [0.1, 0.15) is 25.0 Å². The number of benzene rings is 2. The van der Waals surface area contributed by atoms with E-state index in [-0.39, 0.29) is 25.7 Å². The largest absolute Gasteiger partial charge is 0.491 e. The fourth-order valence-corrected chi connectivity index (χ4v) is 2.60. The maximum absolute atomic E-state index is 12.3. The van der Waals surface area contributed by atoms with Crippen molar-refractivity contribution in [3.63, 3.8) is 0 Å². The van der Waals surface area contributed by atoms with E-state index < -0.39 is 12.2 Å². The van der Waals surface area contributed by atoms with Crippen LogP contribution < -0.4 is 10.1 Å². The highest BCUT2D eigenvalue weighted by molar-refractivity contribution is 5.84. The summed E-state index contributed by atoms with van der Waals surface area (Å²) in [5.74, 6) is 0.499. The highest BCUT2D eigenvalue weighted by Crippen LogP contribution is 2.31. The predicted octanol–water partition coefficient (Wildman–Crippen LogP) is 3.37. The van der Waals surface area contributed by atoms with Crippen molar-refractivity contribution in [3.8, 4) is 5.75 Å². The Morgan fingerprint density at radius 1 is 1.08 bits per heavy atom. The van der Waals surface area contributed by atoms with Crippen molar-refractivity contribution in [2.45, 2.75) is 19.4 Å². The minimum Gasteiger partial charge on any atom is -0.491 e. The van der Waals surface area contributed by atoms with Crippen molar-refractivity contribution in [3.05, 3.63) is 60.2 Å². The van der Waals surface area contributed by atoms with Gasteiger partial charge in [0.25, 0.3) is 0 Å². The van der Waals surface area contributed by atoms with Gasteiger partial charge in [-0.3, -0.25) is 5.32 Å². The lowest BCUT2D eigenvalue weighted by atomic mass is 9.94. The zero-order valence-electron chi connectivity index (χ0n) is 14.8. The number of nitrogens with one attached hydrogen (secondary N) is 1. The first-order valence-corrected chi connectivity index (χ1v) is 8.61. The van der Waals surface area contributed by atoms with Gasteiger partial charge in [0.1, 0.15) is 18.5 Å². The van der Waals surface area contributed by atoms with Gasteiger partial charge < -0.3 is 19.7 Å². The molecule has 2 aromatic carbocycles.